The maximum absolute atomic E-state index is 13.2. The van der Waals surface area contributed by atoms with Crippen LogP contribution in [0.1, 0.15) is 17.5 Å². The highest BCUT2D eigenvalue weighted by Gasteiger charge is 2.44. The van der Waals surface area contributed by atoms with Crippen molar-refractivity contribution in [3.05, 3.63) is 64.7 Å². The van der Waals surface area contributed by atoms with Gasteiger partial charge in [0.05, 0.1) is 36.7 Å². The number of rotatable bonds is 8. The van der Waals surface area contributed by atoms with Crippen LogP contribution in [-0.2, 0) is 30.3 Å². The van der Waals surface area contributed by atoms with Crippen LogP contribution in [0.3, 0.4) is 0 Å². The molecule has 0 saturated carbocycles. The number of carbonyl (C=O) groups is 3. The van der Waals surface area contributed by atoms with Crippen molar-refractivity contribution in [2.45, 2.75) is 25.2 Å². The van der Waals surface area contributed by atoms with Gasteiger partial charge in [-0.25, -0.2) is 4.90 Å². The van der Waals surface area contributed by atoms with Crippen LogP contribution in [0.5, 0.6) is 0 Å². The molecule has 3 amide bonds. The zero-order valence-electron chi connectivity index (χ0n) is 17.7. The lowest BCUT2D eigenvalue weighted by molar-refractivity contribution is -0.152. The molecule has 2 aromatic carbocycles. The van der Waals surface area contributed by atoms with E-state index in [1.165, 1.54) is 43.4 Å². The summed E-state index contributed by atoms with van der Waals surface area (Å²) in [6.45, 7) is -0.0235. The molecule has 1 heterocycles. The summed E-state index contributed by atoms with van der Waals surface area (Å²) in [6.07, 6.45) is -0.909. The number of benzene rings is 2. The van der Waals surface area contributed by atoms with E-state index in [4.69, 9.17) is 26.3 Å². The summed E-state index contributed by atoms with van der Waals surface area (Å²) in [7, 11) is 2.86. The molecule has 1 aliphatic heterocycles. The Morgan fingerprint density at radius 3 is 2.34 bits per heavy atom. The maximum atomic E-state index is 13.2. The van der Waals surface area contributed by atoms with Crippen LogP contribution in [0.2, 0.25) is 5.02 Å². The van der Waals surface area contributed by atoms with Crippen molar-refractivity contribution >= 4 is 35.0 Å². The monoisotopic (exact) mass is 455 g/mol. The van der Waals surface area contributed by atoms with Crippen LogP contribution in [0.25, 0.3) is 0 Å². The van der Waals surface area contributed by atoms with Gasteiger partial charge in [0.25, 0.3) is 5.91 Å². The summed E-state index contributed by atoms with van der Waals surface area (Å²) in [5.41, 5.74) is 1.48. The largest absolute Gasteiger partial charge is 0.354 e. The molecule has 0 spiro atoms. The first-order valence-electron chi connectivity index (χ1n) is 9.84. The molecule has 3 rings (SSSR count). The van der Waals surface area contributed by atoms with Crippen LogP contribution in [0, 0.1) is 11.3 Å². The van der Waals surface area contributed by atoms with Gasteiger partial charge < -0.3 is 14.4 Å². The Kier molecular flexibility index (Phi) is 7.59. The molecule has 0 radical (unpaired) electrons. The smallest absolute Gasteiger partial charge is 0.257 e. The summed E-state index contributed by atoms with van der Waals surface area (Å²) >= 11 is 5.92. The van der Waals surface area contributed by atoms with Gasteiger partial charge in [-0.05, 0) is 42.0 Å². The topological polar surface area (TPSA) is 99.9 Å². The van der Waals surface area contributed by atoms with Gasteiger partial charge in [0.1, 0.15) is 6.04 Å². The molecule has 9 heteroatoms. The van der Waals surface area contributed by atoms with E-state index in [1.54, 1.807) is 24.3 Å². The summed E-state index contributed by atoms with van der Waals surface area (Å²) in [4.78, 5) is 41.5. The summed E-state index contributed by atoms with van der Waals surface area (Å²) in [6, 6.07) is 13.9. The molecule has 0 bridgehead atoms. The van der Waals surface area contributed by atoms with E-state index in [2.05, 4.69) is 0 Å². The molecule has 0 aliphatic carbocycles. The third-order valence-corrected chi connectivity index (χ3v) is 5.47. The number of ether oxygens (including phenoxy) is 2. The molecule has 1 fully saturated rings. The van der Waals surface area contributed by atoms with Gasteiger partial charge in [-0.3, -0.25) is 14.4 Å². The predicted molar refractivity (Wildman–Crippen MR) is 117 cm³/mol. The van der Waals surface area contributed by atoms with E-state index >= 15 is 0 Å². The number of nitrogens with zero attached hydrogens (tertiary/aromatic N) is 3. The Morgan fingerprint density at radius 2 is 1.78 bits per heavy atom. The molecule has 1 aliphatic rings. The molecule has 32 heavy (non-hydrogen) atoms. The number of hydrogen-bond acceptors (Lipinski definition) is 6. The molecule has 1 atom stereocenters. The lowest BCUT2D eigenvalue weighted by atomic mass is 10.1. The number of hydrogen-bond donors (Lipinski definition) is 0. The summed E-state index contributed by atoms with van der Waals surface area (Å²) in [5, 5.41) is 9.52. The Hall–Kier alpha value is -3.25. The average molecular weight is 456 g/mol. The lowest BCUT2D eigenvalue weighted by Gasteiger charge is -2.30. The number of carbonyl (C=O) groups excluding carboxylic acids is 3. The van der Waals surface area contributed by atoms with E-state index in [-0.39, 0.29) is 25.3 Å². The Labute approximate surface area is 190 Å². The maximum Gasteiger partial charge on any atom is 0.257 e. The molecular weight excluding hydrogens is 434 g/mol. The second-order valence-electron chi connectivity index (χ2n) is 7.20. The van der Waals surface area contributed by atoms with Crippen molar-refractivity contribution in [1.82, 2.24) is 4.90 Å². The van der Waals surface area contributed by atoms with Crippen molar-refractivity contribution in [3.63, 3.8) is 0 Å². The Morgan fingerprint density at radius 1 is 1.16 bits per heavy atom. The molecule has 0 N–H and O–H groups in total. The third kappa shape index (κ3) is 5.14. The van der Waals surface area contributed by atoms with Crippen LogP contribution in [0.15, 0.2) is 48.5 Å². The first-order chi connectivity index (χ1) is 15.4. The molecule has 166 valence electrons. The van der Waals surface area contributed by atoms with Crippen molar-refractivity contribution in [2.75, 3.05) is 25.7 Å². The number of imide groups is 1. The van der Waals surface area contributed by atoms with E-state index < -0.39 is 24.1 Å². The Bertz CT molecular complexity index is 1030. The molecule has 1 saturated heterocycles. The second-order valence-corrected chi connectivity index (χ2v) is 7.63. The normalized spacial score (nSPS) is 15.8. The van der Waals surface area contributed by atoms with E-state index in [0.29, 0.717) is 16.3 Å². The number of amides is 3. The Balaban J connectivity index is 1.86. The van der Waals surface area contributed by atoms with Gasteiger partial charge in [-0.1, -0.05) is 23.7 Å². The van der Waals surface area contributed by atoms with Gasteiger partial charge >= 0.3 is 0 Å². The highest BCUT2D eigenvalue weighted by atomic mass is 35.5. The van der Waals surface area contributed by atoms with Crippen molar-refractivity contribution in [3.8, 4) is 6.07 Å². The number of anilines is 1. The summed E-state index contributed by atoms with van der Waals surface area (Å²) in [5.74, 6) is -1.30. The molecule has 1 unspecified atom stereocenters. The van der Waals surface area contributed by atoms with Crippen molar-refractivity contribution < 1.29 is 23.9 Å². The SMILES string of the molecule is COC(CN(C(=O)Cc1ccc(Cl)cc1)C1CC(=O)N(c2ccc(C#N)cc2)C1=O)OC. The standard InChI is InChI=1S/C23H22ClN3O5/c1-31-22(32-2)14-26(20(28)11-15-3-7-17(24)8-4-15)19-12-21(29)27(23(19)30)18-9-5-16(13-25)6-10-18/h3-10,19,22H,11-12,14H2,1-2H3. The number of halogens is 1. The second kappa shape index (κ2) is 10.4. The van der Waals surface area contributed by atoms with E-state index in [0.717, 1.165) is 10.5 Å². The van der Waals surface area contributed by atoms with Crippen molar-refractivity contribution in [2.24, 2.45) is 0 Å². The van der Waals surface area contributed by atoms with Crippen LogP contribution < -0.4 is 4.90 Å². The molecule has 8 nitrogen and oxygen atoms in total. The number of nitriles is 1. The third-order valence-electron chi connectivity index (χ3n) is 5.21. The average Bonchev–Trinajstić information content (AvgIpc) is 3.09. The lowest BCUT2D eigenvalue weighted by Crippen LogP contribution is -2.49. The van der Waals surface area contributed by atoms with Gasteiger partial charge in [0.2, 0.25) is 11.8 Å². The minimum absolute atomic E-state index is 0.0200. The highest BCUT2D eigenvalue weighted by Crippen LogP contribution is 2.27. The van der Waals surface area contributed by atoms with Gasteiger partial charge in [0, 0.05) is 19.2 Å². The van der Waals surface area contributed by atoms with Crippen molar-refractivity contribution in [1.29, 1.82) is 5.26 Å². The minimum Gasteiger partial charge on any atom is -0.354 e. The van der Waals surface area contributed by atoms with Crippen LogP contribution in [-0.4, -0.2) is 55.7 Å². The number of methoxy groups -OCH3 is 2. The molecule has 0 aromatic heterocycles. The fourth-order valence-electron chi connectivity index (χ4n) is 3.50. The van der Waals surface area contributed by atoms with Gasteiger partial charge in [0.15, 0.2) is 6.29 Å². The molecule has 2 aromatic rings. The van der Waals surface area contributed by atoms with Gasteiger partial charge in [-0.15, -0.1) is 0 Å². The fraction of sp³-hybridized carbons (Fsp3) is 0.304. The highest BCUT2D eigenvalue weighted by molar-refractivity contribution is 6.30. The van der Waals surface area contributed by atoms with Crippen LogP contribution in [0.4, 0.5) is 5.69 Å². The summed E-state index contributed by atoms with van der Waals surface area (Å²) < 4.78 is 10.5. The zero-order valence-corrected chi connectivity index (χ0v) is 18.4. The minimum atomic E-state index is -0.995. The van der Waals surface area contributed by atoms with E-state index in [1.807, 2.05) is 6.07 Å². The molecular formula is C23H22ClN3O5. The fourth-order valence-corrected chi connectivity index (χ4v) is 3.63. The quantitative estimate of drug-likeness (QED) is 0.448. The van der Waals surface area contributed by atoms with Gasteiger partial charge in [-0.2, -0.15) is 5.26 Å². The predicted octanol–water partition coefficient (Wildman–Crippen LogP) is 2.53. The van der Waals surface area contributed by atoms with E-state index in [9.17, 15) is 14.4 Å². The first kappa shape index (κ1) is 23.4. The van der Waals surface area contributed by atoms with Crippen LogP contribution >= 0.6 is 11.6 Å². The first-order valence-corrected chi connectivity index (χ1v) is 10.2. The zero-order chi connectivity index (χ0) is 23.3.